The van der Waals surface area contributed by atoms with Gasteiger partial charge in [-0.3, -0.25) is 0 Å². The van der Waals surface area contributed by atoms with E-state index in [1.807, 2.05) is 18.2 Å². The second-order valence-corrected chi connectivity index (χ2v) is 6.52. The first kappa shape index (κ1) is 11.5. The highest BCUT2D eigenvalue weighted by molar-refractivity contribution is 9.10. The second-order valence-electron chi connectivity index (χ2n) is 4.16. The molecular formula is C12H10BrClN2S. The first-order valence-corrected chi connectivity index (χ1v) is 7.35. The molecule has 1 saturated carbocycles. The number of nitrogens with zero attached hydrogens (tertiary/aromatic N) is 1. The maximum atomic E-state index is 6.05. The van der Waals surface area contributed by atoms with Gasteiger partial charge in [0.15, 0.2) is 0 Å². The molecule has 2 aromatic rings. The lowest BCUT2D eigenvalue weighted by molar-refractivity contribution is 1.08. The van der Waals surface area contributed by atoms with Crippen LogP contribution in [0.15, 0.2) is 22.7 Å². The van der Waals surface area contributed by atoms with Crippen molar-refractivity contribution in [2.75, 3.05) is 5.73 Å². The summed E-state index contributed by atoms with van der Waals surface area (Å²) >= 11 is 11.0. The van der Waals surface area contributed by atoms with E-state index in [1.54, 1.807) is 11.3 Å². The largest absolute Gasteiger partial charge is 0.389 e. The molecule has 0 radical (unpaired) electrons. The van der Waals surface area contributed by atoms with Crippen LogP contribution in [0, 0.1) is 0 Å². The lowest BCUT2D eigenvalue weighted by Gasteiger charge is -2.02. The molecule has 2 nitrogen and oxygen atoms in total. The smallest absolute Gasteiger partial charge is 0.114 e. The number of hydrogen-bond donors (Lipinski definition) is 1. The average Bonchev–Trinajstić information content (AvgIpc) is 3.04. The number of anilines is 1. The van der Waals surface area contributed by atoms with Crippen LogP contribution in [0.1, 0.15) is 23.8 Å². The summed E-state index contributed by atoms with van der Waals surface area (Å²) in [6.45, 7) is 0. The molecule has 0 aliphatic heterocycles. The van der Waals surface area contributed by atoms with E-state index in [-0.39, 0.29) is 0 Å². The number of rotatable bonds is 2. The number of nitrogen functional groups attached to an aromatic ring is 1. The van der Waals surface area contributed by atoms with E-state index in [4.69, 9.17) is 17.3 Å². The van der Waals surface area contributed by atoms with Gasteiger partial charge in [-0.1, -0.05) is 33.6 Å². The van der Waals surface area contributed by atoms with Gasteiger partial charge in [-0.05, 0) is 25.0 Å². The van der Waals surface area contributed by atoms with Crippen molar-refractivity contribution in [3.05, 3.63) is 32.7 Å². The topological polar surface area (TPSA) is 38.9 Å². The Morgan fingerprint density at radius 2 is 2.18 bits per heavy atom. The van der Waals surface area contributed by atoms with Crippen molar-refractivity contribution < 1.29 is 0 Å². The van der Waals surface area contributed by atoms with Crippen LogP contribution in [0.25, 0.3) is 11.3 Å². The molecule has 0 saturated heterocycles. The van der Waals surface area contributed by atoms with Gasteiger partial charge < -0.3 is 5.73 Å². The molecule has 0 unspecified atom stereocenters. The van der Waals surface area contributed by atoms with Crippen LogP contribution < -0.4 is 5.73 Å². The third-order valence-corrected chi connectivity index (χ3v) is 4.72. The molecule has 1 aliphatic carbocycles. The van der Waals surface area contributed by atoms with Crippen molar-refractivity contribution in [1.29, 1.82) is 0 Å². The van der Waals surface area contributed by atoms with Gasteiger partial charge in [0.1, 0.15) is 10.7 Å². The summed E-state index contributed by atoms with van der Waals surface area (Å²) in [5.74, 6) is 0.641. The first-order chi connectivity index (χ1) is 8.15. The van der Waals surface area contributed by atoms with E-state index in [9.17, 15) is 0 Å². The zero-order valence-corrected chi connectivity index (χ0v) is 12.1. The molecule has 0 atom stereocenters. The summed E-state index contributed by atoms with van der Waals surface area (Å²) in [7, 11) is 0. The minimum Gasteiger partial charge on any atom is -0.389 e. The fourth-order valence-electron chi connectivity index (χ4n) is 1.73. The van der Waals surface area contributed by atoms with E-state index < -0.39 is 0 Å². The average molecular weight is 330 g/mol. The zero-order valence-electron chi connectivity index (χ0n) is 8.91. The van der Waals surface area contributed by atoms with E-state index in [2.05, 4.69) is 20.9 Å². The molecule has 1 aliphatic rings. The highest BCUT2D eigenvalue weighted by Gasteiger charge is 2.28. The van der Waals surface area contributed by atoms with E-state index in [1.165, 1.54) is 17.8 Å². The lowest BCUT2D eigenvalue weighted by Crippen LogP contribution is -1.87. The summed E-state index contributed by atoms with van der Waals surface area (Å²) in [6, 6.07) is 5.68. The summed E-state index contributed by atoms with van der Waals surface area (Å²) in [4.78, 5) is 4.65. The molecule has 5 heteroatoms. The van der Waals surface area contributed by atoms with Gasteiger partial charge in [0.25, 0.3) is 0 Å². The number of thiazole rings is 1. The molecule has 0 bridgehead atoms. The minimum absolute atomic E-state index is 0.641. The van der Waals surface area contributed by atoms with E-state index >= 15 is 0 Å². The quantitative estimate of drug-likeness (QED) is 0.868. The fourth-order valence-corrected chi connectivity index (χ4v) is 3.62. The first-order valence-electron chi connectivity index (χ1n) is 5.37. The molecule has 3 rings (SSSR count). The Kier molecular flexibility index (Phi) is 2.89. The standard InChI is InChI=1S/C12H10BrClN2S/c13-9-5-7(14)3-4-8(9)10-11(15)17-12(16-10)6-1-2-6/h3-6H,1-2,15H2. The van der Waals surface area contributed by atoms with Crippen molar-refractivity contribution in [2.24, 2.45) is 0 Å². The SMILES string of the molecule is Nc1sc(C2CC2)nc1-c1ccc(Cl)cc1Br. The van der Waals surface area contributed by atoms with Gasteiger partial charge in [-0.25, -0.2) is 4.98 Å². The second kappa shape index (κ2) is 4.26. The molecule has 1 heterocycles. The molecule has 0 amide bonds. The van der Waals surface area contributed by atoms with Gasteiger partial charge in [-0.2, -0.15) is 0 Å². The van der Waals surface area contributed by atoms with E-state index in [0.717, 1.165) is 20.7 Å². The van der Waals surface area contributed by atoms with Gasteiger partial charge in [0, 0.05) is 21.0 Å². The number of aromatic nitrogens is 1. The summed E-state index contributed by atoms with van der Waals surface area (Å²) in [5.41, 5.74) is 7.93. The summed E-state index contributed by atoms with van der Waals surface area (Å²) in [6.07, 6.45) is 2.49. The molecule has 0 spiro atoms. The minimum atomic E-state index is 0.641. The van der Waals surface area contributed by atoms with Gasteiger partial charge in [-0.15, -0.1) is 11.3 Å². The highest BCUT2D eigenvalue weighted by atomic mass is 79.9. The highest BCUT2D eigenvalue weighted by Crippen LogP contribution is 2.46. The zero-order chi connectivity index (χ0) is 12.0. The van der Waals surface area contributed by atoms with Gasteiger partial charge in [0.2, 0.25) is 0 Å². The Bertz CT molecular complexity index is 578. The normalized spacial score (nSPS) is 15.2. The van der Waals surface area contributed by atoms with Gasteiger partial charge in [0.05, 0.1) is 5.01 Å². The molecule has 17 heavy (non-hydrogen) atoms. The molecule has 1 aromatic heterocycles. The van der Waals surface area contributed by atoms with Crippen LogP contribution in [0.4, 0.5) is 5.00 Å². The van der Waals surface area contributed by atoms with Crippen LogP contribution in [0.2, 0.25) is 5.02 Å². The third-order valence-electron chi connectivity index (χ3n) is 2.78. The Balaban J connectivity index is 2.07. The predicted molar refractivity (Wildman–Crippen MR) is 76.6 cm³/mol. The number of hydrogen-bond acceptors (Lipinski definition) is 3. The monoisotopic (exact) mass is 328 g/mol. The number of nitrogens with two attached hydrogens (primary N) is 1. The molecule has 88 valence electrons. The van der Waals surface area contributed by atoms with Crippen LogP contribution in [0.3, 0.4) is 0 Å². The molecule has 1 fully saturated rings. The molecule has 1 aromatic carbocycles. The van der Waals surface area contributed by atoms with Gasteiger partial charge >= 0.3 is 0 Å². The van der Waals surface area contributed by atoms with Crippen molar-refractivity contribution in [1.82, 2.24) is 4.98 Å². The molecular weight excluding hydrogens is 320 g/mol. The van der Waals surface area contributed by atoms with Crippen molar-refractivity contribution >= 4 is 43.9 Å². The maximum Gasteiger partial charge on any atom is 0.114 e. The third kappa shape index (κ3) is 2.21. The molecule has 2 N–H and O–H groups in total. The lowest BCUT2D eigenvalue weighted by atomic mass is 10.1. The number of benzene rings is 1. The van der Waals surface area contributed by atoms with E-state index in [0.29, 0.717) is 10.9 Å². The van der Waals surface area contributed by atoms with Crippen LogP contribution >= 0.6 is 38.9 Å². The van der Waals surface area contributed by atoms with Crippen LogP contribution in [-0.4, -0.2) is 4.98 Å². The maximum absolute atomic E-state index is 6.05. The summed E-state index contributed by atoms with van der Waals surface area (Å²) in [5, 5.41) is 2.66. The van der Waals surface area contributed by atoms with Crippen LogP contribution in [-0.2, 0) is 0 Å². The van der Waals surface area contributed by atoms with Crippen LogP contribution in [0.5, 0.6) is 0 Å². The fraction of sp³-hybridized carbons (Fsp3) is 0.250. The van der Waals surface area contributed by atoms with Crippen molar-refractivity contribution in [2.45, 2.75) is 18.8 Å². The Morgan fingerprint density at radius 1 is 1.41 bits per heavy atom. The Hall–Kier alpha value is -0.580. The Labute approximate surface area is 117 Å². The van der Waals surface area contributed by atoms with Crippen molar-refractivity contribution in [3.8, 4) is 11.3 Å². The predicted octanol–water partition coefficient (Wildman–Crippen LogP) is 4.69. The summed E-state index contributed by atoms with van der Waals surface area (Å²) < 4.78 is 0.935. The van der Waals surface area contributed by atoms with Crippen molar-refractivity contribution in [3.63, 3.8) is 0 Å². The number of halogens is 2. The Morgan fingerprint density at radius 3 is 2.82 bits per heavy atom.